The minimum absolute atomic E-state index is 0.166. The SMILES string of the molecule is CCC(Cl)CC(F)C(C)C(C)F. The van der Waals surface area contributed by atoms with Crippen LogP contribution in [0.1, 0.15) is 33.6 Å². The Labute approximate surface area is 78.3 Å². The summed E-state index contributed by atoms with van der Waals surface area (Å²) in [5, 5.41) is -0.166. The van der Waals surface area contributed by atoms with Crippen molar-refractivity contribution in [2.75, 3.05) is 0 Å². The highest BCUT2D eigenvalue weighted by Crippen LogP contribution is 2.22. The number of halogens is 3. The summed E-state index contributed by atoms with van der Waals surface area (Å²) in [5.41, 5.74) is 0. The van der Waals surface area contributed by atoms with Crippen LogP contribution < -0.4 is 0 Å². The van der Waals surface area contributed by atoms with Gasteiger partial charge in [-0.15, -0.1) is 11.6 Å². The normalized spacial score (nSPS) is 21.5. The van der Waals surface area contributed by atoms with Crippen molar-refractivity contribution in [2.24, 2.45) is 5.92 Å². The quantitative estimate of drug-likeness (QED) is 0.591. The third-order valence-corrected chi connectivity index (χ3v) is 2.71. The van der Waals surface area contributed by atoms with Crippen LogP contribution in [0.25, 0.3) is 0 Å². The Hall–Kier alpha value is 0.150. The average Bonchev–Trinajstić information content (AvgIpc) is 2.02. The van der Waals surface area contributed by atoms with Crippen LogP contribution in [0.5, 0.6) is 0 Å². The van der Waals surface area contributed by atoms with Crippen molar-refractivity contribution in [1.29, 1.82) is 0 Å². The largest absolute Gasteiger partial charge is 0.247 e. The van der Waals surface area contributed by atoms with Gasteiger partial charge in [-0.25, -0.2) is 8.78 Å². The second kappa shape index (κ2) is 5.74. The van der Waals surface area contributed by atoms with Crippen molar-refractivity contribution in [3.05, 3.63) is 0 Å². The minimum Gasteiger partial charge on any atom is -0.247 e. The van der Waals surface area contributed by atoms with Crippen molar-refractivity contribution in [1.82, 2.24) is 0 Å². The van der Waals surface area contributed by atoms with E-state index in [0.29, 0.717) is 0 Å². The van der Waals surface area contributed by atoms with Crippen LogP contribution in [-0.2, 0) is 0 Å². The lowest BCUT2D eigenvalue weighted by atomic mass is 9.97. The maximum absolute atomic E-state index is 13.2. The molecule has 0 N–H and O–H groups in total. The number of hydrogen-bond acceptors (Lipinski definition) is 0. The van der Waals surface area contributed by atoms with Crippen molar-refractivity contribution in [3.8, 4) is 0 Å². The summed E-state index contributed by atoms with van der Waals surface area (Å²) < 4.78 is 25.8. The van der Waals surface area contributed by atoms with Gasteiger partial charge in [0.25, 0.3) is 0 Å². The summed E-state index contributed by atoms with van der Waals surface area (Å²) in [5.74, 6) is -0.544. The molecule has 0 aromatic rings. The second-order valence-electron chi connectivity index (χ2n) is 3.29. The van der Waals surface area contributed by atoms with Crippen molar-refractivity contribution >= 4 is 11.6 Å². The van der Waals surface area contributed by atoms with Crippen LogP contribution in [0.3, 0.4) is 0 Å². The summed E-state index contributed by atoms with van der Waals surface area (Å²) in [4.78, 5) is 0. The van der Waals surface area contributed by atoms with Gasteiger partial charge >= 0.3 is 0 Å². The molecule has 0 nitrogen and oxygen atoms in total. The molecular weight excluding hydrogens is 182 g/mol. The van der Waals surface area contributed by atoms with E-state index in [2.05, 4.69) is 0 Å². The maximum Gasteiger partial charge on any atom is 0.107 e. The first kappa shape index (κ1) is 12.2. The van der Waals surface area contributed by atoms with Crippen LogP contribution in [0.2, 0.25) is 0 Å². The first-order chi connectivity index (χ1) is 5.49. The molecule has 0 saturated carbocycles. The minimum atomic E-state index is -1.12. The molecule has 0 aromatic carbocycles. The van der Waals surface area contributed by atoms with Crippen molar-refractivity contribution < 1.29 is 8.78 Å². The second-order valence-corrected chi connectivity index (χ2v) is 3.91. The lowest BCUT2D eigenvalue weighted by molar-refractivity contribution is 0.142. The van der Waals surface area contributed by atoms with E-state index >= 15 is 0 Å². The van der Waals surface area contributed by atoms with E-state index in [9.17, 15) is 8.78 Å². The predicted octanol–water partition coefficient (Wildman–Crippen LogP) is 3.73. The molecule has 0 rings (SSSR count). The van der Waals surface area contributed by atoms with Gasteiger partial charge in [0.05, 0.1) is 0 Å². The Balaban J connectivity index is 3.78. The molecule has 0 heterocycles. The zero-order valence-electron chi connectivity index (χ0n) is 7.86. The zero-order valence-corrected chi connectivity index (χ0v) is 8.61. The summed E-state index contributed by atoms with van der Waals surface area (Å²) in [7, 11) is 0. The Bertz CT molecular complexity index is 117. The lowest BCUT2D eigenvalue weighted by Gasteiger charge is -2.19. The van der Waals surface area contributed by atoms with Gasteiger partial charge in [0.15, 0.2) is 0 Å². The summed E-state index contributed by atoms with van der Waals surface area (Å²) in [6.45, 7) is 4.86. The average molecular weight is 199 g/mol. The standard InChI is InChI=1S/C9H17ClF2/c1-4-8(10)5-9(12)6(2)7(3)11/h6-9H,4-5H2,1-3H3. The highest BCUT2D eigenvalue weighted by molar-refractivity contribution is 6.20. The Morgan fingerprint density at radius 2 is 1.75 bits per heavy atom. The Morgan fingerprint density at radius 1 is 1.25 bits per heavy atom. The number of rotatable bonds is 5. The molecule has 0 spiro atoms. The summed E-state index contributed by atoms with van der Waals surface area (Å²) in [6, 6.07) is 0. The van der Waals surface area contributed by atoms with E-state index in [4.69, 9.17) is 11.6 Å². The van der Waals surface area contributed by atoms with E-state index in [-0.39, 0.29) is 11.8 Å². The molecule has 0 aliphatic rings. The number of alkyl halides is 3. The molecule has 0 aliphatic carbocycles. The lowest BCUT2D eigenvalue weighted by Crippen LogP contribution is -2.23. The fourth-order valence-corrected chi connectivity index (χ4v) is 1.08. The molecule has 74 valence electrons. The molecule has 4 atom stereocenters. The molecule has 0 aliphatic heterocycles. The number of hydrogen-bond donors (Lipinski definition) is 0. The maximum atomic E-state index is 13.2. The van der Waals surface area contributed by atoms with Crippen LogP contribution in [0.15, 0.2) is 0 Å². The third kappa shape index (κ3) is 4.24. The molecule has 0 fully saturated rings. The Kier molecular flexibility index (Phi) is 5.81. The van der Waals surface area contributed by atoms with Crippen LogP contribution >= 0.6 is 11.6 Å². The first-order valence-corrected chi connectivity index (χ1v) is 4.84. The summed E-state index contributed by atoms with van der Waals surface area (Å²) >= 11 is 5.75. The van der Waals surface area contributed by atoms with Crippen LogP contribution in [0.4, 0.5) is 8.78 Å². The van der Waals surface area contributed by atoms with Crippen molar-refractivity contribution in [2.45, 2.75) is 51.3 Å². The smallest absolute Gasteiger partial charge is 0.107 e. The molecule has 4 unspecified atom stereocenters. The molecule has 0 radical (unpaired) electrons. The predicted molar refractivity (Wildman–Crippen MR) is 49.2 cm³/mol. The van der Waals surface area contributed by atoms with Gasteiger partial charge in [-0.05, 0) is 19.8 Å². The highest BCUT2D eigenvalue weighted by atomic mass is 35.5. The van der Waals surface area contributed by atoms with Crippen molar-refractivity contribution in [3.63, 3.8) is 0 Å². The van der Waals surface area contributed by atoms with Gasteiger partial charge in [-0.3, -0.25) is 0 Å². The van der Waals surface area contributed by atoms with Gasteiger partial charge in [0.1, 0.15) is 12.3 Å². The van der Waals surface area contributed by atoms with Gasteiger partial charge in [-0.1, -0.05) is 13.8 Å². The fraction of sp³-hybridized carbons (Fsp3) is 1.00. The van der Waals surface area contributed by atoms with Gasteiger partial charge in [0, 0.05) is 11.3 Å². The summed E-state index contributed by atoms with van der Waals surface area (Å²) in [6.07, 6.45) is -1.23. The van der Waals surface area contributed by atoms with Gasteiger partial charge in [0.2, 0.25) is 0 Å². The van der Waals surface area contributed by atoms with Crippen LogP contribution in [-0.4, -0.2) is 17.7 Å². The van der Waals surface area contributed by atoms with Gasteiger partial charge in [-0.2, -0.15) is 0 Å². The molecule has 0 aromatic heterocycles. The molecule has 0 saturated heterocycles. The molecule has 3 heteroatoms. The molecular formula is C9H17ClF2. The van der Waals surface area contributed by atoms with E-state index < -0.39 is 18.3 Å². The fourth-order valence-electron chi connectivity index (χ4n) is 0.913. The Morgan fingerprint density at radius 3 is 2.08 bits per heavy atom. The zero-order chi connectivity index (χ0) is 9.72. The molecule has 0 bridgehead atoms. The van der Waals surface area contributed by atoms with Gasteiger partial charge < -0.3 is 0 Å². The van der Waals surface area contributed by atoms with Crippen LogP contribution in [0, 0.1) is 5.92 Å². The topological polar surface area (TPSA) is 0 Å². The first-order valence-electron chi connectivity index (χ1n) is 4.41. The van der Waals surface area contributed by atoms with E-state index in [1.165, 1.54) is 6.92 Å². The van der Waals surface area contributed by atoms with E-state index in [0.717, 1.165) is 6.42 Å². The monoisotopic (exact) mass is 198 g/mol. The third-order valence-electron chi connectivity index (χ3n) is 2.22. The molecule has 12 heavy (non-hydrogen) atoms. The molecule has 0 amide bonds. The van der Waals surface area contributed by atoms with E-state index in [1.807, 2.05) is 6.92 Å². The van der Waals surface area contributed by atoms with E-state index in [1.54, 1.807) is 6.92 Å². The highest BCUT2D eigenvalue weighted by Gasteiger charge is 2.23.